The van der Waals surface area contributed by atoms with Gasteiger partial charge in [0.1, 0.15) is 0 Å². The maximum absolute atomic E-state index is 5.95. The van der Waals surface area contributed by atoms with E-state index >= 15 is 0 Å². The molecule has 2 N–H and O–H groups in total. The van der Waals surface area contributed by atoms with E-state index in [1.165, 1.54) is 12.8 Å². The number of rotatable bonds is 2. The fourth-order valence-corrected chi connectivity index (χ4v) is 2.71. The summed E-state index contributed by atoms with van der Waals surface area (Å²) in [5, 5.41) is 4.61. The average molecular weight is 216 g/mol. The summed E-state index contributed by atoms with van der Waals surface area (Å²) >= 11 is 0. The highest BCUT2D eigenvalue weighted by molar-refractivity contribution is 5.41. The second kappa shape index (κ2) is 3.56. The van der Waals surface area contributed by atoms with Crippen LogP contribution in [0.2, 0.25) is 0 Å². The third-order valence-corrected chi connectivity index (χ3v) is 3.73. The van der Waals surface area contributed by atoms with Crippen molar-refractivity contribution in [3.63, 3.8) is 0 Å². The quantitative estimate of drug-likeness (QED) is 0.827. The van der Waals surface area contributed by atoms with Gasteiger partial charge in [-0.2, -0.15) is 5.10 Å². The SMILES string of the molecule is NCC1(c2cc3ncccn3n2)CCCC1. The van der Waals surface area contributed by atoms with Crippen LogP contribution in [0, 0.1) is 0 Å². The highest BCUT2D eigenvalue weighted by Gasteiger charge is 2.36. The van der Waals surface area contributed by atoms with Crippen molar-refractivity contribution in [1.29, 1.82) is 0 Å². The molecule has 2 aromatic rings. The van der Waals surface area contributed by atoms with Crippen LogP contribution in [0.1, 0.15) is 31.4 Å². The van der Waals surface area contributed by atoms with E-state index in [9.17, 15) is 0 Å². The molecule has 0 bridgehead atoms. The Labute approximate surface area is 94.5 Å². The van der Waals surface area contributed by atoms with Crippen LogP contribution < -0.4 is 5.73 Å². The van der Waals surface area contributed by atoms with Gasteiger partial charge in [-0.25, -0.2) is 9.50 Å². The van der Waals surface area contributed by atoms with Crippen LogP contribution in [-0.4, -0.2) is 21.1 Å². The summed E-state index contributed by atoms with van der Waals surface area (Å²) in [6.07, 6.45) is 8.58. The van der Waals surface area contributed by atoms with E-state index in [0.29, 0.717) is 6.54 Å². The van der Waals surface area contributed by atoms with Crippen LogP contribution in [0.5, 0.6) is 0 Å². The first-order valence-corrected chi connectivity index (χ1v) is 5.85. The van der Waals surface area contributed by atoms with Crippen LogP contribution in [0.4, 0.5) is 0 Å². The fourth-order valence-electron chi connectivity index (χ4n) is 2.71. The normalized spacial score (nSPS) is 19.3. The summed E-state index contributed by atoms with van der Waals surface area (Å²) in [4.78, 5) is 4.30. The molecule has 0 saturated heterocycles. The third-order valence-electron chi connectivity index (χ3n) is 3.73. The molecule has 4 heteroatoms. The van der Waals surface area contributed by atoms with Crippen LogP contribution in [0.3, 0.4) is 0 Å². The zero-order valence-corrected chi connectivity index (χ0v) is 9.26. The molecule has 2 heterocycles. The van der Waals surface area contributed by atoms with Gasteiger partial charge in [0.25, 0.3) is 0 Å². The van der Waals surface area contributed by atoms with E-state index in [2.05, 4.69) is 16.1 Å². The number of fused-ring (bicyclic) bond motifs is 1. The first-order valence-electron chi connectivity index (χ1n) is 5.85. The molecular formula is C12H16N4. The van der Waals surface area contributed by atoms with E-state index in [-0.39, 0.29) is 5.41 Å². The van der Waals surface area contributed by atoms with E-state index in [1.54, 1.807) is 6.20 Å². The van der Waals surface area contributed by atoms with Gasteiger partial charge in [0.05, 0.1) is 5.69 Å². The van der Waals surface area contributed by atoms with Crippen molar-refractivity contribution in [1.82, 2.24) is 14.6 Å². The van der Waals surface area contributed by atoms with Crippen molar-refractivity contribution in [2.45, 2.75) is 31.1 Å². The van der Waals surface area contributed by atoms with Gasteiger partial charge >= 0.3 is 0 Å². The standard InChI is InChI=1S/C12H16N4/c13-9-12(4-1-2-5-12)10-8-11-14-6-3-7-16(11)15-10/h3,6-8H,1-2,4-5,9,13H2. The van der Waals surface area contributed by atoms with Crippen molar-refractivity contribution in [3.05, 3.63) is 30.2 Å². The van der Waals surface area contributed by atoms with Crippen molar-refractivity contribution in [2.24, 2.45) is 5.73 Å². The van der Waals surface area contributed by atoms with E-state index < -0.39 is 0 Å². The molecule has 0 aromatic carbocycles. The number of nitrogens with zero attached hydrogens (tertiary/aromatic N) is 3. The minimum atomic E-state index is 0.105. The topological polar surface area (TPSA) is 56.2 Å². The smallest absolute Gasteiger partial charge is 0.155 e. The second-order valence-electron chi connectivity index (χ2n) is 4.64. The van der Waals surface area contributed by atoms with Gasteiger partial charge in [0.15, 0.2) is 5.65 Å². The number of hydrogen-bond donors (Lipinski definition) is 1. The maximum Gasteiger partial charge on any atom is 0.155 e. The van der Waals surface area contributed by atoms with E-state index in [0.717, 1.165) is 24.2 Å². The lowest BCUT2D eigenvalue weighted by molar-refractivity contribution is 0.437. The van der Waals surface area contributed by atoms with Crippen LogP contribution >= 0.6 is 0 Å². The molecule has 1 saturated carbocycles. The summed E-state index contributed by atoms with van der Waals surface area (Å²) in [5.74, 6) is 0. The van der Waals surface area contributed by atoms with Gasteiger partial charge in [0.2, 0.25) is 0 Å². The molecular weight excluding hydrogens is 200 g/mol. The molecule has 2 aromatic heterocycles. The fraction of sp³-hybridized carbons (Fsp3) is 0.500. The molecule has 84 valence electrons. The van der Waals surface area contributed by atoms with E-state index in [1.807, 2.05) is 16.8 Å². The van der Waals surface area contributed by atoms with Crippen LogP contribution in [-0.2, 0) is 5.41 Å². The molecule has 3 rings (SSSR count). The summed E-state index contributed by atoms with van der Waals surface area (Å²) in [6, 6.07) is 3.98. The minimum Gasteiger partial charge on any atom is -0.330 e. The molecule has 16 heavy (non-hydrogen) atoms. The van der Waals surface area contributed by atoms with Crippen molar-refractivity contribution in [2.75, 3.05) is 6.54 Å². The summed E-state index contributed by atoms with van der Waals surface area (Å²) < 4.78 is 1.84. The molecule has 0 aliphatic heterocycles. The molecule has 0 atom stereocenters. The Kier molecular flexibility index (Phi) is 2.17. The Bertz CT molecular complexity index is 463. The highest BCUT2D eigenvalue weighted by atomic mass is 15.2. The van der Waals surface area contributed by atoms with Crippen LogP contribution in [0.25, 0.3) is 5.65 Å². The summed E-state index contributed by atoms with van der Waals surface area (Å²) in [7, 11) is 0. The average Bonchev–Trinajstić information content (AvgIpc) is 2.96. The molecule has 0 spiro atoms. The minimum absolute atomic E-state index is 0.105. The lowest BCUT2D eigenvalue weighted by atomic mass is 9.83. The van der Waals surface area contributed by atoms with Gasteiger partial charge < -0.3 is 5.73 Å². The van der Waals surface area contributed by atoms with Gasteiger partial charge in [-0.3, -0.25) is 0 Å². The Morgan fingerprint density at radius 3 is 2.88 bits per heavy atom. The van der Waals surface area contributed by atoms with E-state index in [4.69, 9.17) is 5.73 Å². The first-order chi connectivity index (χ1) is 7.84. The third kappa shape index (κ3) is 1.33. The monoisotopic (exact) mass is 216 g/mol. The van der Waals surface area contributed by atoms with Crippen LogP contribution in [0.15, 0.2) is 24.5 Å². The Morgan fingerprint density at radius 2 is 2.19 bits per heavy atom. The molecule has 1 aliphatic carbocycles. The molecule has 4 nitrogen and oxygen atoms in total. The lowest BCUT2D eigenvalue weighted by Crippen LogP contribution is -2.32. The van der Waals surface area contributed by atoms with Crippen molar-refractivity contribution >= 4 is 5.65 Å². The predicted octanol–water partition coefficient (Wildman–Crippen LogP) is 1.50. The maximum atomic E-state index is 5.95. The molecule has 1 fully saturated rings. The van der Waals surface area contributed by atoms with Gasteiger partial charge in [-0.15, -0.1) is 0 Å². The van der Waals surface area contributed by atoms with Gasteiger partial charge in [-0.1, -0.05) is 12.8 Å². The zero-order valence-electron chi connectivity index (χ0n) is 9.26. The molecule has 0 amide bonds. The highest BCUT2D eigenvalue weighted by Crippen LogP contribution is 2.39. The summed E-state index contributed by atoms with van der Waals surface area (Å²) in [6.45, 7) is 0.691. The zero-order chi connectivity index (χ0) is 11.0. The Morgan fingerprint density at radius 1 is 1.38 bits per heavy atom. The van der Waals surface area contributed by atoms with Crippen molar-refractivity contribution < 1.29 is 0 Å². The summed E-state index contributed by atoms with van der Waals surface area (Å²) in [5.41, 5.74) is 8.09. The second-order valence-corrected chi connectivity index (χ2v) is 4.64. The molecule has 0 radical (unpaired) electrons. The lowest BCUT2D eigenvalue weighted by Gasteiger charge is -2.24. The molecule has 0 unspecified atom stereocenters. The molecule has 1 aliphatic rings. The largest absolute Gasteiger partial charge is 0.330 e. The Hall–Kier alpha value is -1.42. The number of aromatic nitrogens is 3. The Balaban J connectivity index is 2.10. The number of nitrogens with two attached hydrogens (primary N) is 1. The number of hydrogen-bond acceptors (Lipinski definition) is 3. The van der Waals surface area contributed by atoms with Gasteiger partial charge in [-0.05, 0) is 18.9 Å². The predicted molar refractivity (Wildman–Crippen MR) is 62.2 cm³/mol. The van der Waals surface area contributed by atoms with Gasteiger partial charge in [0, 0.05) is 30.4 Å². The van der Waals surface area contributed by atoms with Crippen molar-refractivity contribution in [3.8, 4) is 0 Å². The first kappa shape index (κ1) is 9.78.